The number of aryl methyl sites for hydroxylation is 1. The highest BCUT2D eigenvalue weighted by Gasteiger charge is 2.24. The second-order valence-corrected chi connectivity index (χ2v) is 7.54. The number of amides is 3. The van der Waals surface area contributed by atoms with Gasteiger partial charge in [-0.15, -0.1) is 11.3 Å². The summed E-state index contributed by atoms with van der Waals surface area (Å²) in [6, 6.07) is 9.63. The number of nitrogens with zero attached hydrogens (tertiary/aromatic N) is 1. The van der Waals surface area contributed by atoms with Gasteiger partial charge in [0.05, 0.1) is 11.4 Å². The van der Waals surface area contributed by atoms with E-state index in [9.17, 15) is 9.59 Å². The number of unbranched alkanes of at least 4 members (excludes halogenated alkanes) is 1. The molecule has 1 aliphatic rings. The number of benzene rings is 1. The number of nitrogens with one attached hydrogen (secondary N) is 2. The van der Waals surface area contributed by atoms with Crippen LogP contribution in [-0.4, -0.2) is 28.6 Å². The van der Waals surface area contributed by atoms with Crippen LogP contribution in [0.4, 0.5) is 10.5 Å². The normalized spacial score (nSPS) is 13.2. The Morgan fingerprint density at radius 1 is 1.27 bits per heavy atom. The number of carbonyl (C=O) groups excluding carboxylic acids is 2. The molecule has 0 saturated heterocycles. The van der Waals surface area contributed by atoms with Gasteiger partial charge >= 0.3 is 6.03 Å². The van der Waals surface area contributed by atoms with Gasteiger partial charge in [-0.3, -0.25) is 10.0 Å². The molecule has 138 valence electrons. The molecule has 26 heavy (non-hydrogen) atoms. The fourth-order valence-corrected chi connectivity index (χ4v) is 4.12. The third-order valence-corrected chi connectivity index (χ3v) is 5.68. The average Bonchev–Trinajstić information content (AvgIpc) is 3.10. The van der Waals surface area contributed by atoms with Gasteiger partial charge in [0.1, 0.15) is 0 Å². The van der Waals surface area contributed by atoms with E-state index in [4.69, 9.17) is 5.21 Å². The monoisotopic (exact) mass is 373 g/mol. The standard InChI is InChI=1S/C19H23N3O3S/c1-2-3-4-13-5-7-15(8-6-13)20-19(24)22-10-9-14-11-16(18(23)21-25)26-17(14)12-22/h5-8,11,25H,2-4,9-10,12H2,1H3,(H,20,24)(H,21,23). The Kier molecular flexibility index (Phi) is 5.90. The number of urea groups is 1. The summed E-state index contributed by atoms with van der Waals surface area (Å²) in [4.78, 5) is 27.3. The van der Waals surface area contributed by atoms with E-state index in [1.807, 2.05) is 12.1 Å². The van der Waals surface area contributed by atoms with E-state index in [1.165, 1.54) is 29.7 Å². The maximum absolute atomic E-state index is 12.5. The Labute approximate surface area is 156 Å². The van der Waals surface area contributed by atoms with Crippen LogP contribution in [0.5, 0.6) is 0 Å². The van der Waals surface area contributed by atoms with Gasteiger partial charge in [-0.2, -0.15) is 0 Å². The molecule has 0 saturated carbocycles. The summed E-state index contributed by atoms with van der Waals surface area (Å²) in [5.74, 6) is -0.511. The van der Waals surface area contributed by atoms with E-state index in [2.05, 4.69) is 24.4 Å². The lowest BCUT2D eigenvalue weighted by atomic mass is 10.1. The molecule has 0 aliphatic carbocycles. The third kappa shape index (κ3) is 4.23. The number of hydroxylamine groups is 1. The first-order valence-electron chi connectivity index (χ1n) is 8.81. The van der Waals surface area contributed by atoms with E-state index >= 15 is 0 Å². The van der Waals surface area contributed by atoms with E-state index < -0.39 is 5.91 Å². The minimum absolute atomic E-state index is 0.140. The van der Waals surface area contributed by atoms with E-state index in [0.29, 0.717) is 24.4 Å². The molecule has 0 atom stereocenters. The fourth-order valence-electron chi connectivity index (χ4n) is 3.00. The lowest BCUT2D eigenvalue weighted by Crippen LogP contribution is -2.38. The fraction of sp³-hybridized carbons (Fsp3) is 0.368. The molecule has 3 amide bonds. The second-order valence-electron chi connectivity index (χ2n) is 6.40. The molecule has 1 aliphatic heterocycles. The molecule has 0 bridgehead atoms. The van der Waals surface area contributed by atoms with Crippen molar-refractivity contribution in [2.24, 2.45) is 0 Å². The summed E-state index contributed by atoms with van der Waals surface area (Å²) >= 11 is 1.31. The molecule has 3 rings (SSSR count). The molecule has 0 fully saturated rings. The Morgan fingerprint density at radius 3 is 2.73 bits per heavy atom. The van der Waals surface area contributed by atoms with Crippen molar-refractivity contribution in [3.63, 3.8) is 0 Å². The number of rotatable bonds is 5. The van der Waals surface area contributed by atoms with E-state index in [1.54, 1.807) is 16.4 Å². The zero-order valence-electron chi connectivity index (χ0n) is 14.7. The first-order chi connectivity index (χ1) is 12.6. The largest absolute Gasteiger partial charge is 0.322 e. The van der Waals surface area contributed by atoms with Gasteiger partial charge in [-0.1, -0.05) is 25.5 Å². The van der Waals surface area contributed by atoms with Crippen LogP contribution in [0.15, 0.2) is 30.3 Å². The van der Waals surface area contributed by atoms with Crippen LogP contribution in [0.1, 0.15) is 45.4 Å². The first kappa shape index (κ1) is 18.4. The molecule has 6 nitrogen and oxygen atoms in total. The summed E-state index contributed by atoms with van der Waals surface area (Å²) in [6.07, 6.45) is 4.09. The van der Waals surface area contributed by atoms with E-state index in [-0.39, 0.29) is 6.03 Å². The zero-order chi connectivity index (χ0) is 18.5. The molecule has 2 aromatic rings. The summed E-state index contributed by atoms with van der Waals surface area (Å²) in [6.45, 7) is 3.24. The van der Waals surface area contributed by atoms with Gasteiger partial charge in [0.25, 0.3) is 5.91 Å². The minimum Gasteiger partial charge on any atom is -0.319 e. The zero-order valence-corrected chi connectivity index (χ0v) is 15.6. The average molecular weight is 373 g/mol. The molecule has 7 heteroatoms. The van der Waals surface area contributed by atoms with Crippen molar-refractivity contribution in [2.45, 2.75) is 39.2 Å². The van der Waals surface area contributed by atoms with Gasteiger partial charge in [0, 0.05) is 17.1 Å². The lowest BCUT2D eigenvalue weighted by molar-refractivity contribution is 0.0711. The minimum atomic E-state index is -0.511. The van der Waals surface area contributed by atoms with Crippen LogP contribution in [0, 0.1) is 0 Å². The van der Waals surface area contributed by atoms with Crippen LogP contribution in [0.25, 0.3) is 0 Å². The number of hydrogen-bond donors (Lipinski definition) is 3. The summed E-state index contributed by atoms with van der Waals surface area (Å²) in [7, 11) is 0. The lowest BCUT2D eigenvalue weighted by Gasteiger charge is -2.27. The molecule has 0 spiro atoms. The Hall–Kier alpha value is -2.38. The molecular weight excluding hydrogens is 350 g/mol. The van der Waals surface area contributed by atoms with Gasteiger partial charge in [0.2, 0.25) is 0 Å². The van der Waals surface area contributed by atoms with Crippen molar-refractivity contribution in [2.75, 3.05) is 11.9 Å². The topological polar surface area (TPSA) is 81.7 Å². The van der Waals surface area contributed by atoms with Crippen LogP contribution in [0.3, 0.4) is 0 Å². The van der Waals surface area contributed by atoms with Crippen molar-refractivity contribution in [3.05, 3.63) is 51.2 Å². The molecule has 0 unspecified atom stereocenters. The molecular formula is C19H23N3O3S. The summed E-state index contributed by atoms with van der Waals surface area (Å²) in [5.41, 5.74) is 4.78. The SMILES string of the molecule is CCCCc1ccc(NC(=O)N2CCc3cc(C(=O)NO)sc3C2)cc1. The summed E-state index contributed by atoms with van der Waals surface area (Å²) in [5, 5.41) is 11.7. The highest BCUT2D eigenvalue weighted by atomic mass is 32.1. The molecule has 1 aromatic carbocycles. The van der Waals surface area contributed by atoms with Gasteiger partial charge in [-0.05, 0) is 48.6 Å². The molecule has 1 aromatic heterocycles. The third-order valence-electron chi connectivity index (χ3n) is 4.52. The second kappa shape index (κ2) is 8.33. The number of anilines is 1. The van der Waals surface area contributed by atoms with Crippen LogP contribution in [-0.2, 0) is 19.4 Å². The highest BCUT2D eigenvalue weighted by molar-refractivity contribution is 7.14. The maximum atomic E-state index is 12.5. The van der Waals surface area contributed by atoms with Gasteiger partial charge < -0.3 is 10.2 Å². The number of fused-ring (bicyclic) bond motifs is 1. The van der Waals surface area contributed by atoms with Crippen LogP contribution < -0.4 is 10.8 Å². The number of carbonyl (C=O) groups is 2. The smallest absolute Gasteiger partial charge is 0.319 e. The number of thiophene rings is 1. The van der Waals surface area contributed by atoms with Crippen molar-refractivity contribution < 1.29 is 14.8 Å². The summed E-state index contributed by atoms with van der Waals surface area (Å²) < 4.78 is 0. The predicted octanol–water partition coefficient (Wildman–Crippen LogP) is 3.80. The Morgan fingerprint density at radius 2 is 2.04 bits per heavy atom. The van der Waals surface area contributed by atoms with Crippen molar-refractivity contribution in [3.8, 4) is 0 Å². The van der Waals surface area contributed by atoms with Crippen molar-refractivity contribution >= 4 is 29.0 Å². The Balaban J connectivity index is 1.60. The van der Waals surface area contributed by atoms with Crippen LogP contribution >= 0.6 is 11.3 Å². The van der Waals surface area contributed by atoms with Crippen molar-refractivity contribution in [1.29, 1.82) is 0 Å². The van der Waals surface area contributed by atoms with Gasteiger partial charge in [0.15, 0.2) is 0 Å². The van der Waals surface area contributed by atoms with Gasteiger partial charge in [-0.25, -0.2) is 10.3 Å². The van der Waals surface area contributed by atoms with Crippen molar-refractivity contribution in [1.82, 2.24) is 10.4 Å². The predicted molar refractivity (Wildman–Crippen MR) is 102 cm³/mol. The quantitative estimate of drug-likeness (QED) is 0.551. The number of hydrogen-bond acceptors (Lipinski definition) is 4. The van der Waals surface area contributed by atoms with Crippen LogP contribution in [0.2, 0.25) is 0 Å². The molecule has 0 radical (unpaired) electrons. The Bertz CT molecular complexity index is 786. The maximum Gasteiger partial charge on any atom is 0.322 e. The molecule has 2 heterocycles. The van der Waals surface area contributed by atoms with E-state index in [0.717, 1.165) is 22.5 Å². The molecule has 3 N–H and O–H groups in total. The first-order valence-corrected chi connectivity index (χ1v) is 9.63. The highest BCUT2D eigenvalue weighted by Crippen LogP contribution is 2.28.